The molecule has 176 valence electrons. The van der Waals surface area contributed by atoms with Crippen LogP contribution in [0.4, 0.5) is 11.4 Å². The van der Waals surface area contributed by atoms with Crippen LogP contribution in [0.1, 0.15) is 25.0 Å². The molecule has 0 unspecified atom stereocenters. The molecule has 0 aliphatic carbocycles. The summed E-state index contributed by atoms with van der Waals surface area (Å²) < 4.78 is 0. The molecule has 0 saturated carbocycles. The van der Waals surface area contributed by atoms with Crippen LogP contribution in [0.5, 0.6) is 0 Å². The molecule has 1 fully saturated rings. The van der Waals surface area contributed by atoms with E-state index in [1.54, 1.807) is 34.1 Å². The summed E-state index contributed by atoms with van der Waals surface area (Å²) in [6.07, 6.45) is 5.82. The van der Waals surface area contributed by atoms with Gasteiger partial charge in [0.15, 0.2) is 0 Å². The lowest BCUT2D eigenvalue weighted by Crippen LogP contribution is -2.59. The maximum absolute atomic E-state index is 12.8. The summed E-state index contributed by atoms with van der Waals surface area (Å²) in [5, 5.41) is 21.8. The lowest BCUT2D eigenvalue weighted by Gasteiger charge is -2.43. The van der Waals surface area contributed by atoms with Crippen LogP contribution in [0.25, 0.3) is 12.2 Å². The Balaban J connectivity index is 1.64. The largest absolute Gasteiger partial charge is 0.333 e. The van der Waals surface area contributed by atoms with Crippen molar-refractivity contribution in [2.75, 3.05) is 13.1 Å². The molecule has 0 spiro atoms. The zero-order valence-corrected chi connectivity index (χ0v) is 18.7. The van der Waals surface area contributed by atoms with Crippen LogP contribution in [0, 0.1) is 20.2 Å². The number of nitro benzene ring substituents is 2. The highest BCUT2D eigenvalue weighted by atomic mass is 16.6. The summed E-state index contributed by atoms with van der Waals surface area (Å²) in [5.74, 6) is -0.491. The Morgan fingerprint density at radius 2 is 1.18 bits per heavy atom. The highest BCUT2D eigenvalue weighted by molar-refractivity contribution is 5.94. The predicted molar refractivity (Wildman–Crippen MR) is 127 cm³/mol. The molecule has 2 aromatic carbocycles. The molecular weight excluding hydrogens is 440 g/mol. The second-order valence-corrected chi connectivity index (χ2v) is 8.05. The molecule has 0 bridgehead atoms. The molecule has 0 radical (unpaired) electrons. The van der Waals surface area contributed by atoms with Gasteiger partial charge in [-0.2, -0.15) is 0 Å². The minimum atomic E-state index is -0.493. The highest BCUT2D eigenvalue weighted by Crippen LogP contribution is 2.19. The topological polar surface area (TPSA) is 127 Å². The molecule has 1 heterocycles. The molecule has 3 rings (SSSR count). The molecule has 1 saturated heterocycles. The first kappa shape index (κ1) is 24.3. The second kappa shape index (κ2) is 10.5. The van der Waals surface area contributed by atoms with Crippen LogP contribution in [0.15, 0.2) is 60.7 Å². The van der Waals surface area contributed by atoms with E-state index in [0.717, 1.165) is 0 Å². The first-order chi connectivity index (χ1) is 16.2. The van der Waals surface area contributed by atoms with E-state index in [1.807, 2.05) is 13.8 Å². The third-order valence-electron chi connectivity index (χ3n) is 5.55. The van der Waals surface area contributed by atoms with E-state index < -0.39 is 9.85 Å². The average molecular weight is 464 g/mol. The number of benzene rings is 2. The quantitative estimate of drug-likeness (QED) is 0.365. The van der Waals surface area contributed by atoms with Gasteiger partial charge in [0.2, 0.25) is 11.8 Å². The Hall–Kier alpha value is -4.34. The van der Waals surface area contributed by atoms with E-state index in [1.165, 1.54) is 48.6 Å². The van der Waals surface area contributed by atoms with Gasteiger partial charge >= 0.3 is 0 Å². The van der Waals surface area contributed by atoms with Crippen LogP contribution in [0.2, 0.25) is 0 Å². The summed E-state index contributed by atoms with van der Waals surface area (Å²) in [5.41, 5.74) is 0.982. The summed E-state index contributed by atoms with van der Waals surface area (Å²) in [4.78, 5) is 49.7. The van der Waals surface area contributed by atoms with Gasteiger partial charge in [-0.1, -0.05) is 24.3 Å². The van der Waals surface area contributed by atoms with Crippen LogP contribution < -0.4 is 0 Å². The predicted octanol–water partition coefficient (Wildman–Crippen LogP) is 3.68. The third-order valence-corrected chi connectivity index (χ3v) is 5.55. The van der Waals surface area contributed by atoms with Crippen molar-refractivity contribution in [3.63, 3.8) is 0 Å². The van der Waals surface area contributed by atoms with Gasteiger partial charge in [-0.15, -0.1) is 0 Å². The minimum Gasteiger partial charge on any atom is -0.333 e. The van der Waals surface area contributed by atoms with Crippen molar-refractivity contribution in [1.82, 2.24) is 9.80 Å². The SMILES string of the molecule is C[C@@H]1CN(C(=O)/C=C/c2cccc([N+](=O)[O-])c2)[C@@H](C)CN1C(=O)/C=C/c1cccc([N+](=O)[O-])c1. The number of nitrogens with zero attached hydrogens (tertiary/aromatic N) is 4. The Bertz CT molecular complexity index is 1080. The van der Waals surface area contributed by atoms with E-state index in [0.29, 0.717) is 24.2 Å². The van der Waals surface area contributed by atoms with E-state index in [2.05, 4.69) is 0 Å². The fourth-order valence-corrected chi connectivity index (χ4v) is 3.75. The van der Waals surface area contributed by atoms with E-state index in [9.17, 15) is 29.8 Å². The van der Waals surface area contributed by atoms with Crippen LogP contribution in [0.3, 0.4) is 0 Å². The third kappa shape index (κ3) is 5.91. The number of non-ortho nitro benzene ring substituents is 2. The number of hydrogen-bond acceptors (Lipinski definition) is 6. The maximum Gasteiger partial charge on any atom is 0.270 e. The molecule has 10 nitrogen and oxygen atoms in total. The smallest absolute Gasteiger partial charge is 0.270 e. The standard InChI is InChI=1S/C24H24N4O6/c1-17-15-26(24(30)12-10-20-6-4-8-22(14-20)28(33)34)18(2)16-25(17)23(29)11-9-19-5-3-7-21(13-19)27(31)32/h3-14,17-18H,15-16H2,1-2H3/b11-9+,12-10+/t17-,18+. The van der Waals surface area contributed by atoms with Crippen molar-refractivity contribution in [3.8, 4) is 0 Å². The van der Waals surface area contributed by atoms with Gasteiger partial charge in [-0.05, 0) is 37.1 Å². The Kier molecular flexibility index (Phi) is 7.52. The number of carbonyl (C=O) groups excluding carboxylic acids is 2. The van der Waals surface area contributed by atoms with E-state index >= 15 is 0 Å². The zero-order chi connectivity index (χ0) is 24.8. The Morgan fingerprint density at radius 3 is 1.53 bits per heavy atom. The molecule has 2 aromatic rings. The van der Waals surface area contributed by atoms with Crippen molar-refractivity contribution in [1.29, 1.82) is 0 Å². The molecule has 34 heavy (non-hydrogen) atoms. The molecular formula is C24H24N4O6. The monoisotopic (exact) mass is 464 g/mol. The molecule has 1 aliphatic rings. The number of amides is 2. The van der Waals surface area contributed by atoms with E-state index in [4.69, 9.17) is 0 Å². The summed E-state index contributed by atoms with van der Waals surface area (Å²) in [6, 6.07) is 11.5. The minimum absolute atomic E-state index is 0.0538. The van der Waals surface area contributed by atoms with Gasteiger partial charge in [0.05, 0.1) is 9.85 Å². The number of nitro groups is 2. The molecule has 2 amide bonds. The van der Waals surface area contributed by atoms with Gasteiger partial charge < -0.3 is 9.80 Å². The molecule has 2 atom stereocenters. The van der Waals surface area contributed by atoms with Crippen LogP contribution in [-0.2, 0) is 9.59 Å². The first-order valence-electron chi connectivity index (χ1n) is 10.6. The molecule has 10 heteroatoms. The van der Waals surface area contributed by atoms with Crippen LogP contribution in [-0.4, -0.2) is 56.6 Å². The first-order valence-corrected chi connectivity index (χ1v) is 10.6. The lowest BCUT2D eigenvalue weighted by atomic mass is 10.1. The average Bonchev–Trinajstić information content (AvgIpc) is 2.82. The zero-order valence-electron chi connectivity index (χ0n) is 18.7. The fraction of sp³-hybridized carbons (Fsp3) is 0.250. The van der Waals surface area contributed by atoms with Crippen molar-refractivity contribution < 1.29 is 19.4 Å². The van der Waals surface area contributed by atoms with Crippen LogP contribution >= 0.6 is 0 Å². The highest BCUT2D eigenvalue weighted by Gasteiger charge is 2.32. The molecule has 1 aliphatic heterocycles. The van der Waals surface area contributed by atoms with Gasteiger partial charge in [0, 0.05) is 61.6 Å². The summed E-state index contributed by atoms with van der Waals surface area (Å²) in [6.45, 7) is 4.34. The van der Waals surface area contributed by atoms with Crippen molar-refractivity contribution in [2.45, 2.75) is 25.9 Å². The molecule has 0 aromatic heterocycles. The normalized spacial score (nSPS) is 18.4. The maximum atomic E-state index is 12.8. The van der Waals surface area contributed by atoms with E-state index in [-0.39, 0.29) is 35.3 Å². The number of carbonyl (C=O) groups is 2. The Morgan fingerprint density at radius 1 is 0.794 bits per heavy atom. The number of rotatable bonds is 6. The van der Waals surface area contributed by atoms with Crippen molar-refractivity contribution in [2.24, 2.45) is 0 Å². The van der Waals surface area contributed by atoms with Crippen molar-refractivity contribution in [3.05, 3.63) is 92.0 Å². The summed E-state index contributed by atoms with van der Waals surface area (Å²) in [7, 11) is 0. The van der Waals surface area contributed by atoms with Crippen molar-refractivity contribution >= 4 is 35.3 Å². The Labute approximate surface area is 196 Å². The fourth-order valence-electron chi connectivity index (χ4n) is 3.75. The second-order valence-electron chi connectivity index (χ2n) is 8.05. The summed E-state index contributed by atoms with van der Waals surface area (Å²) >= 11 is 0. The molecule has 0 N–H and O–H groups in total. The number of hydrogen-bond donors (Lipinski definition) is 0. The van der Waals surface area contributed by atoms with Gasteiger partial charge in [0.25, 0.3) is 11.4 Å². The number of piperazine rings is 1. The van der Waals surface area contributed by atoms with Gasteiger partial charge in [0.1, 0.15) is 0 Å². The van der Waals surface area contributed by atoms with Gasteiger partial charge in [-0.25, -0.2) is 0 Å². The lowest BCUT2D eigenvalue weighted by molar-refractivity contribution is -0.385. The van der Waals surface area contributed by atoms with Gasteiger partial charge in [-0.3, -0.25) is 29.8 Å².